The van der Waals surface area contributed by atoms with Crippen LogP contribution in [0.4, 0.5) is 0 Å². The number of aryl methyl sites for hydroxylation is 1. The quantitative estimate of drug-likeness (QED) is 0.228. The lowest BCUT2D eigenvalue weighted by molar-refractivity contribution is -0.143. The van der Waals surface area contributed by atoms with Gasteiger partial charge in [0.05, 0.1) is 12.9 Å². The zero-order chi connectivity index (χ0) is 25.7. The fraction of sp³-hybridized carbons (Fsp3) is 0.692. The second kappa shape index (κ2) is 16.9. The Bertz CT molecular complexity index is 887. The Morgan fingerprint density at radius 3 is 2.31 bits per heavy atom. The van der Waals surface area contributed by atoms with Crippen molar-refractivity contribution < 1.29 is 22.7 Å². The number of methoxy groups -OCH3 is 1. The highest BCUT2D eigenvalue weighted by Gasteiger charge is 2.30. The first kappa shape index (κ1) is 32.3. The second-order valence-electron chi connectivity index (χ2n) is 9.59. The molecule has 4 N–H and O–H groups in total. The minimum Gasteiger partial charge on any atom is -0.468 e. The van der Waals surface area contributed by atoms with E-state index in [0.717, 1.165) is 64.3 Å². The molecule has 1 amide bonds. The Morgan fingerprint density at radius 2 is 1.72 bits per heavy atom. The molecule has 1 fully saturated rings. The van der Waals surface area contributed by atoms with Crippen LogP contribution in [0.5, 0.6) is 0 Å². The highest BCUT2D eigenvalue weighted by atomic mass is 35.5. The van der Waals surface area contributed by atoms with Gasteiger partial charge in [-0.15, -0.1) is 12.4 Å². The van der Waals surface area contributed by atoms with E-state index >= 15 is 0 Å². The third-order valence-electron chi connectivity index (χ3n) is 6.71. The fourth-order valence-electron chi connectivity index (χ4n) is 4.56. The van der Waals surface area contributed by atoms with Crippen LogP contribution in [0.1, 0.15) is 87.1 Å². The van der Waals surface area contributed by atoms with Crippen molar-refractivity contribution in [3.8, 4) is 0 Å². The maximum absolute atomic E-state index is 12.7. The summed E-state index contributed by atoms with van der Waals surface area (Å²) in [5.41, 5.74) is 7.42. The van der Waals surface area contributed by atoms with Gasteiger partial charge < -0.3 is 15.8 Å². The van der Waals surface area contributed by atoms with Gasteiger partial charge in [0.25, 0.3) is 5.91 Å². The third kappa shape index (κ3) is 11.6. The van der Waals surface area contributed by atoms with E-state index in [1.54, 1.807) is 0 Å². The molecule has 10 heteroatoms. The average Bonchev–Trinajstić information content (AvgIpc) is 2.86. The SMILES string of the molecule is CCCCS(=O)(=O)NC(C[C@H]1CC[C@H](NC(=O)c2ccc(CCCCCN)cc2)CC1)C(=O)OC.Cl. The first-order valence-electron chi connectivity index (χ1n) is 13.0. The number of carbonyl (C=O) groups excluding carboxylic acids is 2. The van der Waals surface area contributed by atoms with Crippen molar-refractivity contribution in [2.75, 3.05) is 19.4 Å². The summed E-state index contributed by atoms with van der Waals surface area (Å²) >= 11 is 0. The van der Waals surface area contributed by atoms with E-state index in [2.05, 4.69) is 10.0 Å². The van der Waals surface area contributed by atoms with E-state index in [1.807, 2.05) is 31.2 Å². The topological polar surface area (TPSA) is 128 Å². The van der Waals surface area contributed by atoms with Crippen molar-refractivity contribution in [2.45, 2.75) is 89.6 Å². The number of ether oxygens (including phenoxy) is 1. The summed E-state index contributed by atoms with van der Waals surface area (Å²) in [6.07, 6.45) is 9.20. The van der Waals surface area contributed by atoms with Gasteiger partial charge in [-0.25, -0.2) is 13.1 Å². The number of esters is 1. The van der Waals surface area contributed by atoms with Gasteiger partial charge in [-0.2, -0.15) is 0 Å². The highest BCUT2D eigenvalue weighted by Crippen LogP contribution is 2.28. The molecule has 1 unspecified atom stereocenters. The van der Waals surface area contributed by atoms with Gasteiger partial charge in [0.1, 0.15) is 6.04 Å². The Morgan fingerprint density at radius 1 is 1.06 bits per heavy atom. The van der Waals surface area contributed by atoms with Crippen molar-refractivity contribution in [3.63, 3.8) is 0 Å². The molecule has 36 heavy (non-hydrogen) atoms. The van der Waals surface area contributed by atoms with Crippen molar-refractivity contribution in [1.82, 2.24) is 10.0 Å². The first-order valence-corrected chi connectivity index (χ1v) is 14.6. The normalized spacial score (nSPS) is 18.6. The lowest BCUT2D eigenvalue weighted by Crippen LogP contribution is -2.44. The van der Waals surface area contributed by atoms with Crippen molar-refractivity contribution >= 4 is 34.3 Å². The molecular formula is C26H44ClN3O5S. The minimum absolute atomic E-state index is 0. The number of nitrogens with two attached hydrogens (primary N) is 1. The number of benzene rings is 1. The van der Waals surface area contributed by atoms with Gasteiger partial charge in [-0.1, -0.05) is 31.9 Å². The molecule has 2 rings (SSSR count). The van der Waals surface area contributed by atoms with Gasteiger partial charge in [0, 0.05) is 11.6 Å². The summed E-state index contributed by atoms with van der Waals surface area (Å²) in [6.45, 7) is 2.65. The summed E-state index contributed by atoms with van der Waals surface area (Å²) in [6, 6.07) is 7.00. The molecule has 1 saturated carbocycles. The second-order valence-corrected chi connectivity index (χ2v) is 11.5. The molecule has 1 aliphatic rings. The van der Waals surface area contributed by atoms with Gasteiger partial charge in [0.2, 0.25) is 10.0 Å². The largest absolute Gasteiger partial charge is 0.468 e. The zero-order valence-corrected chi connectivity index (χ0v) is 23.3. The first-order chi connectivity index (χ1) is 16.8. The Labute approximate surface area is 223 Å². The van der Waals surface area contributed by atoms with Crippen LogP contribution in [0, 0.1) is 5.92 Å². The molecule has 206 valence electrons. The molecule has 0 radical (unpaired) electrons. The number of carbonyl (C=O) groups is 2. The van der Waals surface area contributed by atoms with Gasteiger partial charge in [0.15, 0.2) is 0 Å². The van der Waals surface area contributed by atoms with E-state index in [-0.39, 0.29) is 36.0 Å². The summed E-state index contributed by atoms with van der Waals surface area (Å²) in [7, 11) is -2.26. The number of hydrogen-bond donors (Lipinski definition) is 3. The molecule has 0 saturated heterocycles. The van der Waals surface area contributed by atoms with Crippen LogP contribution in [0.25, 0.3) is 0 Å². The van der Waals surface area contributed by atoms with Gasteiger partial charge in [-0.05, 0) is 87.9 Å². The number of rotatable bonds is 15. The number of halogens is 1. The predicted molar refractivity (Wildman–Crippen MR) is 146 cm³/mol. The number of hydrogen-bond acceptors (Lipinski definition) is 6. The Kier molecular flexibility index (Phi) is 15.2. The van der Waals surface area contributed by atoms with Crippen LogP contribution in [0.3, 0.4) is 0 Å². The summed E-state index contributed by atoms with van der Waals surface area (Å²) in [5, 5.41) is 3.13. The molecule has 1 aromatic rings. The van der Waals surface area contributed by atoms with E-state index in [1.165, 1.54) is 12.7 Å². The van der Waals surface area contributed by atoms with E-state index in [4.69, 9.17) is 10.5 Å². The van der Waals surface area contributed by atoms with Crippen LogP contribution in [-0.4, -0.2) is 51.8 Å². The van der Waals surface area contributed by atoms with Crippen molar-refractivity contribution in [3.05, 3.63) is 35.4 Å². The Hall–Kier alpha value is -1.68. The number of nitrogens with one attached hydrogen (secondary N) is 2. The van der Waals surface area contributed by atoms with Crippen LogP contribution in [0.15, 0.2) is 24.3 Å². The smallest absolute Gasteiger partial charge is 0.323 e. The minimum atomic E-state index is -3.53. The maximum atomic E-state index is 12.7. The van der Waals surface area contributed by atoms with Crippen LogP contribution in [0.2, 0.25) is 0 Å². The summed E-state index contributed by atoms with van der Waals surface area (Å²) in [5.74, 6) is -0.423. The number of amides is 1. The predicted octanol–water partition coefficient (Wildman–Crippen LogP) is 3.72. The molecule has 0 heterocycles. The number of unbranched alkanes of at least 4 members (excludes halogenated alkanes) is 3. The third-order valence-corrected chi connectivity index (χ3v) is 8.18. The van der Waals surface area contributed by atoms with Gasteiger partial charge in [-0.3, -0.25) is 9.59 Å². The van der Waals surface area contributed by atoms with E-state index in [0.29, 0.717) is 18.4 Å². The zero-order valence-electron chi connectivity index (χ0n) is 21.7. The molecule has 0 aliphatic heterocycles. The number of sulfonamides is 1. The van der Waals surface area contributed by atoms with Crippen LogP contribution < -0.4 is 15.8 Å². The molecule has 1 atom stereocenters. The van der Waals surface area contributed by atoms with Crippen LogP contribution in [-0.2, 0) is 26.0 Å². The monoisotopic (exact) mass is 545 g/mol. The standard InChI is InChI=1S/C26H43N3O5S.ClH/c1-3-4-18-35(32,33)29-24(26(31)34-2)19-21-11-15-23(16-12-21)28-25(30)22-13-9-20(10-14-22)8-6-5-7-17-27;/h9-10,13-14,21,23-24,29H,3-8,11-12,15-19,27H2,1-2H3,(H,28,30);1H/t21-,23-,24?;. The molecule has 8 nitrogen and oxygen atoms in total. The van der Waals surface area contributed by atoms with Crippen molar-refractivity contribution in [1.29, 1.82) is 0 Å². The molecule has 0 spiro atoms. The molecule has 0 bridgehead atoms. The average molecular weight is 546 g/mol. The molecule has 1 aliphatic carbocycles. The van der Waals surface area contributed by atoms with E-state index < -0.39 is 22.0 Å². The fourth-order valence-corrected chi connectivity index (χ4v) is 5.97. The van der Waals surface area contributed by atoms with E-state index in [9.17, 15) is 18.0 Å². The lowest BCUT2D eigenvalue weighted by Gasteiger charge is -2.31. The molecular weight excluding hydrogens is 502 g/mol. The Balaban J connectivity index is 0.00000648. The van der Waals surface area contributed by atoms with Gasteiger partial charge >= 0.3 is 5.97 Å². The van der Waals surface area contributed by atoms with Crippen molar-refractivity contribution in [2.24, 2.45) is 11.7 Å². The molecule has 0 aromatic heterocycles. The lowest BCUT2D eigenvalue weighted by atomic mass is 9.82. The summed E-state index contributed by atoms with van der Waals surface area (Å²) < 4.78 is 32.0. The van der Waals surface area contributed by atoms with Crippen LogP contribution >= 0.6 is 12.4 Å². The summed E-state index contributed by atoms with van der Waals surface area (Å²) in [4.78, 5) is 24.9. The maximum Gasteiger partial charge on any atom is 0.323 e. The highest BCUT2D eigenvalue weighted by molar-refractivity contribution is 7.89. The molecule has 1 aromatic carbocycles.